The summed E-state index contributed by atoms with van der Waals surface area (Å²) in [5.74, 6) is -0.863. The van der Waals surface area contributed by atoms with Crippen LogP contribution < -0.4 is 0 Å². The van der Waals surface area contributed by atoms with Crippen LogP contribution in [-0.4, -0.2) is 29.1 Å². The van der Waals surface area contributed by atoms with E-state index < -0.39 is 5.97 Å². The Labute approximate surface area is 124 Å². The van der Waals surface area contributed by atoms with E-state index in [1.54, 1.807) is 0 Å². The molecule has 0 spiro atoms. The van der Waals surface area contributed by atoms with Crippen LogP contribution in [0.15, 0.2) is 48.5 Å². The highest BCUT2D eigenvalue weighted by atomic mass is 16.4. The Morgan fingerprint density at radius 2 is 1.86 bits per heavy atom. The predicted octanol–water partition coefficient (Wildman–Crippen LogP) is 3.18. The molecule has 3 nitrogen and oxygen atoms in total. The van der Waals surface area contributed by atoms with Crippen molar-refractivity contribution in [1.29, 1.82) is 0 Å². The summed E-state index contributed by atoms with van der Waals surface area (Å²) in [6.07, 6.45) is 0. The molecular formula is C18H19NO2. The van der Waals surface area contributed by atoms with Gasteiger partial charge in [0.15, 0.2) is 0 Å². The number of likely N-dealkylation sites (tertiary alicyclic amines) is 1. The second kappa shape index (κ2) is 5.70. The van der Waals surface area contributed by atoms with E-state index in [1.165, 1.54) is 22.3 Å². The van der Waals surface area contributed by atoms with Gasteiger partial charge in [-0.3, -0.25) is 9.69 Å². The third kappa shape index (κ3) is 3.14. The first kappa shape index (κ1) is 13.8. The van der Waals surface area contributed by atoms with E-state index in [1.807, 2.05) is 0 Å². The number of carboxylic acids is 1. The number of nitrogens with zero attached hydrogens (tertiary/aromatic N) is 1. The minimum absolute atomic E-state index is 0.184. The first-order chi connectivity index (χ1) is 10.1. The van der Waals surface area contributed by atoms with Crippen LogP contribution in [0.2, 0.25) is 0 Å². The van der Waals surface area contributed by atoms with Crippen LogP contribution in [-0.2, 0) is 11.3 Å². The van der Waals surface area contributed by atoms with E-state index >= 15 is 0 Å². The zero-order valence-electron chi connectivity index (χ0n) is 12.1. The lowest BCUT2D eigenvalue weighted by Crippen LogP contribution is -2.49. The van der Waals surface area contributed by atoms with Crippen LogP contribution in [0.1, 0.15) is 11.1 Å². The molecule has 0 bridgehead atoms. The van der Waals surface area contributed by atoms with Gasteiger partial charge in [-0.1, -0.05) is 54.1 Å². The van der Waals surface area contributed by atoms with Crippen molar-refractivity contribution < 1.29 is 9.90 Å². The van der Waals surface area contributed by atoms with E-state index in [2.05, 4.69) is 60.4 Å². The minimum atomic E-state index is -0.680. The summed E-state index contributed by atoms with van der Waals surface area (Å²) in [5.41, 5.74) is 4.94. The van der Waals surface area contributed by atoms with Crippen LogP contribution in [0.25, 0.3) is 11.1 Å². The smallest absolute Gasteiger partial charge is 0.309 e. The summed E-state index contributed by atoms with van der Waals surface area (Å²) in [5, 5.41) is 8.88. The van der Waals surface area contributed by atoms with Gasteiger partial charge in [0.2, 0.25) is 0 Å². The second-order valence-electron chi connectivity index (χ2n) is 5.80. The van der Waals surface area contributed by atoms with Crippen molar-refractivity contribution in [3.63, 3.8) is 0 Å². The summed E-state index contributed by atoms with van der Waals surface area (Å²) in [6.45, 7) is 4.25. The summed E-state index contributed by atoms with van der Waals surface area (Å²) in [7, 11) is 0. The molecule has 0 aromatic heterocycles. The molecule has 2 aromatic rings. The fourth-order valence-electron chi connectivity index (χ4n) is 2.74. The number of carboxylic acid groups (broad SMARTS) is 1. The van der Waals surface area contributed by atoms with Gasteiger partial charge in [0.25, 0.3) is 0 Å². The Bertz CT molecular complexity index is 643. The summed E-state index contributed by atoms with van der Waals surface area (Å²) >= 11 is 0. The molecule has 0 radical (unpaired) electrons. The number of rotatable bonds is 4. The van der Waals surface area contributed by atoms with Gasteiger partial charge >= 0.3 is 5.97 Å². The average molecular weight is 281 g/mol. The predicted molar refractivity (Wildman–Crippen MR) is 83.0 cm³/mol. The average Bonchev–Trinajstić information content (AvgIpc) is 2.42. The quantitative estimate of drug-likeness (QED) is 0.935. The van der Waals surface area contributed by atoms with E-state index in [-0.39, 0.29) is 5.92 Å². The zero-order chi connectivity index (χ0) is 14.8. The first-order valence-corrected chi connectivity index (χ1v) is 7.23. The van der Waals surface area contributed by atoms with Gasteiger partial charge in [0.1, 0.15) is 0 Å². The Morgan fingerprint density at radius 1 is 1.14 bits per heavy atom. The number of aliphatic carboxylic acids is 1. The third-order valence-corrected chi connectivity index (χ3v) is 4.02. The lowest BCUT2D eigenvalue weighted by Gasteiger charge is -2.36. The molecule has 1 fully saturated rings. The van der Waals surface area contributed by atoms with Crippen molar-refractivity contribution >= 4 is 5.97 Å². The highest BCUT2D eigenvalue weighted by Crippen LogP contribution is 2.23. The van der Waals surface area contributed by atoms with Crippen molar-refractivity contribution in [2.45, 2.75) is 13.5 Å². The SMILES string of the molecule is Cc1cccc(-c2ccc(CN3CC(C(=O)O)C3)cc2)c1. The fourth-order valence-corrected chi connectivity index (χ4v) is 2.74. The molecule has 3 rings (SSSR count). The highest BCUT2D eigenvalue weighted by molar-refractivity contribution is 5.71. The van der Waals surface area contributed by atoms with Gasteiger partial charge < -0.3 is 5.11 Å². The molecule has 0 amide bonds. The molecular weight excluding hydrogens is 262 g/mol. The van der Waals surface area contributed by atoms with Crippen LogP contribution in [0.4, 0.5) is 0 Å². The number of carbonyl (C=O) groups is 1. The molecule has 1 saturated heterocycles. The molecule has 108 valence electrons. The van der Waals surface area contributed by atoms with Gasteiger partial charge in [-0.15, -0.1) is 0 Å². The Balaban J connectivity index is 1.64. The topological polar surface area (TPSA) is 40.5 Å². The molecule has 1 heterocycles. The largest absolute Gasteiger partial charge is 0.481 e. The number of aryl methyl sites for hydroxylation is 1. The van der Waals surface area contributed by atoms with E-state index in [0.29, 0.717) is 13.1 Å². The number of hydrogen-bond donors (Lipinski definition) is 1. The van der Waals surface area contributed by atoms with Gasteiger partial charge in [0.05, 0.1) is 5.92 Å². The summed E-state index contributed by atoms with van der Waals surface area (Å²) in [6, 6.07) is 17.0. The molecule has 0 aliphatic carbocycles. The Morgan fingerprint density at radius 3 is 2.48 bits per heavy atom. The zero-order valence-corrected chi connectivity index (χ0v) is 12.1. The Kier molecular flexibility index (Phi) is 3.76. The molecule has 21 heavy (non-hydrogen) atoms. The lowest BCUT2D eigenvalue weighted by atomic mass is 9.98. The maximum absolute atomic E-state index is 10.8. The van der Waals surface area contributed by atoms with E-state index in [9.17, 15) is 4.79 Å². The fraction of sp³-hybridized carbons (Fsp3) is 0.278. The number of benzene rings is 2. The standard InChI is InChI=1S/C18H19NO2/c1-13-3-2-4-16(9-13)15-7-5-14(6-8-15)10-19-11-17(12-19)18(20)21/h2-9,17H,10-12H2,1H3,(H,20,21). The maximum Gasteiger partial charge on any atom is 0.309 e. The molecule has 0 unspecified atom stereocenters. The van der Waals surface area contributed by atoms with Gasteiger partial charge in [-0.25, -0.2) is 0 Å². The number of hydrogen-bond acceptors (Lipinski definition) is 2. The van der Waals surface area contributed by atoms with Gasteiger partial charge in [0, 0.05) is 19.6 Å². The van der Waals surface area contributed by atoms with E-state index in [0.717, 1.165) is 6.54 Å². The van der Waals surface area contributed by atoms with Crippen LogP contribution >= 0.6 is 0 Å². The molecule has 1 aliphatic rings. The van der Waals surface area contributed by atoms with Crippen molar-refractivity contribution in [3.05, 3.63) is 59.7 Å². The van der Waals surface area contributed by atoms with Crippen LogP contribution in [0.3, 0.4) is 0 Å². The van der Waals surface area contributed by atoms with Gasteiger partial charge in [-0.05, 0) is 23.6 Å². The molecule has 0 atom stereocenters. The molecule has 2 aromatic carbocycles. The van der Waals surface area contributed by atoms with Crippen molar-refractivity contribution in [3.8, 4) is 11.1 Å². The van der Waals surface area contributed by atoms with Crippen molar-refractivity contribution in [2.24, 2.45) is 5.92 Å². The molecule has 1 N–H and O–H groups in total. The van der Waals surface area contributed by atoms with Crippen LogP contribution in [0.5, 0.6) is 0 Å². The molecule has 3 heteroatoms. The highest BCUT2D eigenvalue weighted by Gasteiger charge is 2.31. The third-order valence-electron chi connectivity index (χ3n) is 4.02. The van der Waals surface area contributed by atoms with Gasteiger partial charge in [-0.2, -0.15) is 0 Å². The molecule has 1 aliphatic heterocycles. The minimum Gasteiger partial charge on any atom is -0.481 e. The monoisotopic (exact) mass is 281 g/mol. The maximum atomic E-state index is 10.8. The lowest BCUT2D eigenvalue weighted by molar-refractivity contribution is -0.147. The van der Waals surface area contributed by atoms with Crippen LogP contribution in [0, 0.1) is 12.8 Å². The first-order valence-electron chi connectivity index (χ1n) is 7.23. The van der Waals surface area contributed by atoms with E-state index in [4.69, 9.17) is 5.11 Å². The van der Waals surface area contributed by atoms with Crippen molar-refractivity contribution in [1.82, 2.24) is 4.90 Å². The van der Waals surface area contributed by atoms with Crippen molar-refractivity contribution in [2.75, 3.05) is 13.1 Å². The summed E-state index contributed by atoms with van der Waals surface area (Å²) < 4.78 is 0. The molecule has 0 saturated carbocycles. The summed E-state index contributed by atoms with van der Waals surface area (Å²) in [4.78, 5) is 12.9. The Hall–Kier alpha value is -2.13. The normalized spacial score (nSPS) is 15.7. The second-order valence-corrected chi connectivity index (χ2v) is 5.80.